The molecular formula is C35H29F2N5O4S. The fourth-order valence-corrected chi connectivity index (χ4v) is 6.44. The van der Waals surface area contributed by atoms with Crippen LogP contribution in [0, 0.1) is 11.6 Å². The number of nitrogens with zero attached hydrogens (tertiary/aromatic N) is 4. The Morgan fingerprint density at radius 2 is 1.85 bits per heavy atom. The summed E-state index contributed by atoms with van der Waals surface area (Å²) in [5, 5.41) is 3.71. The number of aromatic nitrogens is 2. The minimum Gasteiger partial charge on any atom is -0.468 e. The number of anilines is 2. The molecule has 0 aliphatic carbocycles. The number of hydrogen-bond acceptors (Lipinski definition) is 8. The second kappa shape index (κ2) is 11.8. The zero-order valence-corrected chi connectivity index (χ0v) is 26.7. The lowest BCUT2D eigenvalue weighted by atomic mass is 10.00. The first-order valence-electron chi connectivity index (χ1n) is 14.7. The van der Waals surface area contributed by atoms with Gasteiger partial charge in [-0.25, -0.2) is 13.8 Å². The predicted octanol–water partition coefficient (Wildman–Crippen LogP) is 7.09. The van der Waals surface area contributed by atoms with Crippen LogP contribution in [0.1, 0.15) is 10.4 Å². The van der Waals surface area contributed by atoms with Gasteiger partial charge in [0.15, 0.2) is 0 Å². The summed E-state index contributed by atoms with van der Waals surface area (Å²) < 4.78 is 43.9. The lowest BCUT2D eigenvalue weighted by Gasteiger charge is -2.32. The van der Waals surface area contributed by atoms with E-state index in [1.54, 1.807) is 31.3 Å². The van der Waals surface area contributed by atoms with Gasteiger partial charge in [0.05, 0.1) is 47.6 Å². The third-order valence-electron chi connectivity index (χ3n) is 8.47. The number of ether oxygens (including phenoxy) is 1. The molecular weight excluding hydrogens is 624 g/mol. The lowest BCUT2D eigenvalue weighted by Crippen LogP contribution is -2.35. The Morgan fingerprint density at radius 3 is 2.57 bits per heavy atom. The average molecular weight is 654 g/mol. The molecule has 238 valence electrons. The van der Waals surface area contributed by atoms with Crippen molar-refractivity contribution in [3.05, 3.63) is 90.0 Å². The van der Waals surface area contributed by atoms with Crippen LogP contribution in [0.3, 0.4) is 0 Å². The minimum absolute atomic E-state index is 0.0257. The number of amides is 1. The molecule has 47 heavy (non-hydrogen) atoms. The molecule has 0 spiro atoms. The van der Waals surface area contributed by atoms with Crippen LogP contribution < -0.4 is 14.5 Å². The van der Waals surface area contributed by atoms with Crippen molar-refractivity contribution in [3.8, 4) is 34.0 Å². The maximum Gasteiger partial charge on any atom is 0.325 e. The monoisotopic (exact) mass is 653 g/mol. The van der Waals surface area contributed by atoms with Gasteiger partial charge >= 0.3 is 5.97 Å². The van der Waals surface area contributed by atoms with Gasteiger partial charge in [-0.1, -0.05) is 18.0 Å². The molecule has 3 aromatic carbocycles. The zero-order valence-electron chi connectivity index (χ0n) is 25.9. The highest BCUT2D eigenvalue weighted by atomic mass is 32.2. The number of fused-ring (bicyclic) bond motifs is 6. The SMILES string of the molecule is CNC(=O)c1c(-c2ccc(F)cc2)oc2cc(N(C)SC)c(-c3ccc4c(n3)-c3cc5c(F)cccc5n3CN4CC(=O)OC)cc12. The molecule has 6 aromatic rings. The maximum absolute atomic E-state index is 15.0. The number of methoxy groups -OCH3 is 1. The number of pyridine rings is 1. The van der Waals surface area contributed by atoms with E-state index in [0.29, 0.717) is 73.8 Å². The van der Waals surface area contributed by atoms with Crippen LogP contribution in [0.25, 0.3) is 55.8 Å². The quantitative estimate of drug-likeness (QED) is 0.144. The highest BCUT2D eigenvalue weighted by molar-refractivity contribution is 7.99. The third-order valence-corrected chi connectivity index (χ3v) is 9.21. The Morgan fingerprint density at radius 1 is 1.06 bits per heavy atom. The van der Waals surface area contributed by atoms with E-state index in [1.807, 2.05) is 57.4 Å². The summed E-state index contributed by atoms with van der Waals surface area (Å²) in [6, 6.07) is 20.0. The molecule has 9 nitrogen and oxygen atoms in total. The Hall–Kier alpha value is -5.36. The number of carbonyl (C=O) groups excluding carboxylic acids is 2. The van der Waals surface area contributed by atoms with E-state index in [9.17, 15) is 18.4 Å². The largest absolute Gasteiger partial charge is 0.468 e. The van der Waals surface area contributed by atoms with Crippen molar-refractivity contribution in [1.29, 1.82) is 0 Å². The van der Waals surface area contributed by atoms with E-state index in [0.717, 1.165) is 5.69 Å². The number of esters is 1. The van der Waals surface area contributed by atoms with Gasteiger partial charge in [0.2, 0.25) is 0 Å². The Bertz CT molecular complexity index is 2210. The summed E-state index contributed by atoms with van der Waals surface area (Å²) >= 11 is 1.48. The van der Waals surface area contributed by atoms with E-state index >= 15 is 0 Å². The first-order valence-corrected chi connectivity index (χ1v) is 15.9. The molecule has 0 atom stereocenters. The summed E-state index contributed by atoms with van der Waals surface area (Å²) in [5.41, 5.74) is 6.07. The Labute approximate surface area is 272 Å². The van der Waals surface area contributed by atoms with Gasteiger partial charge < -0.3 is 28.2 Å². The van der Waals surface area contributed by atoms with Crippen molar-refractivity contribution in [2.45, 2.75) is 6.67 Å². The van der Waals surface area contributed by atoms with Crippen LogP contribution in [0.2, 0.25) is 0 Å². The van der Waals surface area contributed by atoms with Crippen molar-refractivity contribution in [2.75, 3.05) is 43.2 Å². The van der Waals surface area contributed by atoms with E-state index in [4.69, 9.17) is 14.1 Å². The van der Waals surface area contributed by atoms with Crippen LogP contribution in [0.15, 0.2) is 77.2 Å². The summed E-state index contributed by atoms with van der Waals surface area (Å²) in [4.78, 5) is 32.7. The van der Waals surface area contributed by atoms with Crippen LogP contribution >= 0.6 is 11.9 Å². The molecule has 7 rings (SSSR count). The van der Waals surface area contributed by atoms with E-state index in [1.165, 1.54) is 37.3 Å². The minimum atomic E-state index is -0.418. The predicted molar refractivity (Wildman–Crippen MR) is 180 cm³/mol. The van der Waals surface area contributed by atoms with Gasteiger partial charge in [-0.15, -0.1) is 0 Å². The van der Waals surface area contributed by atoms with Crippen molar-refractivity contribution in [3.63, 3.8) is 0 Å². The molecule has 0 radical (unpaired) electrons. The van der Waals surface area contributed by atoms with Gasteiger partial charge in [-0.05, 0) is 60.7 Å². The fourth-order valence-electron chi connectivity index (χ4n) is 6.10. The number of nitrogens with one attached hydrogen (secondary N) is 1. The van der Waals surface area contributed by atoms with Crippen LogP contribution in [0.5, 0.6) is 0 Å². The fraction of sp³-hybridized carbons (Fsp3) is 0.171. The van der Waals surface area contributed by atoms with Gasteiger partial charge in [0.25, 0.3) is 5.91 Å². The maximum atomic E-state index is 15.0. The number of benzene rings is 3. The molecule has 1 amide bonds. The smallest absolute Gasteiger partial charge is 0.325 e. The zero-order chi connectivity index (χ0) is 33.0. The van der Waals surface area contributed by atoms with Crippen molar-refractivity contribution < 1.29 is 27.5 Å². The normalized spacial score (nSPS) is 12.3. The van der Waals surface area contributed by atoms with E-state index < -0.39 is 11.8 Å². The number of carbonyl (C=O) groups is 2. The number of hydrogen-bond donors (Lipinski definition) is 1. The summed E-state index contributed by atoms with van der Waals surface area (Å²) in [7, 11) is 4.79. The standard InChI is InChI=1S/C35H29F2N5O4S/c1-38-35(44)32-23-14-22(28(40(2)47-4)16-30(23)46-34(32)19-8-10-20(36)11-9-19)25-12-13-27-33(39-25)29-15-21-24(37)6-5-7-26(21)42(29)18-41(27)17-31(43)45-3/h5-16H,17-18H2,1-4H3,(H,38,44). The van der Waals surface area contributed by atoms with Gasteiger partial charge in [-0.3, -0.25) is 9.59 Å². The molecule has 1 aliphatic heterocycles. The van der Waals surface area contributed by atoms with Crippen molar-refractivity contribution in [1.82, 2.24) is 14.9 Å². The molecule has 0 unspecified atom stereocenters. The summed E-state index contributed by atoms with van der Waals surface area (Å²) in [5.74, 6) is -1.21. The highest BCUT2D eigenvalue weighted by Gasteiger charge is 2.29. The molecule has 0 bridgehead atoms. The van der Waals surface area contributed by atoms with Gasteiger partial charge in [-0.2, -0.15) is 0 Å². The molecule has 1 aliphatic rings. The first kappa shape index (κ1) is 30.3. The summed E-state index contributed by atoms with van der Waals surface area (Å²) in [6.45, 7) is 0.274. The molecule has 4 heterocycles. The summed E-state index contributed by atoms with van der Waals surface area (Å²) in [6.07, 6.45) is 1.94. The Balaban J connectivity index is 1.47. The number of furan rings is 1. The van der Waals surface area contributed by atoms with Crippen LogP contribution in [0.4, 0.5) is 20.2 Å². The Kier molecular flexibility index (Phi) is 7.59. The topological polar surface area (TPSA) is 92.8 Å². The van der Waals surface area contributed by atoms with Crippen LogP contribution in [-0.4, -0.2) is 55.4 Å². The van der Waals surface area contributed by atoms with Crippen molar-refractivity contribution in [2.24, 2.45) is 0 Å². The number of halogens is 2. The highest BCUT2D eigenvalue weighted by Crippen LogP contribution is 2.44. The molecule has 0 saturated heterocycles. The third kappa shape index (κ3) is 5.05. The molecule has 0 fully saturated rings. The lowest BCUT2D eigenvalue weighted by molar-refractivity contribution is -0.139. The van der Waals surface area contributed by atoms with E-state index in [-0.39, 0.29) is 18.3 Å². The van der Waals surface area contributed by atoms with Crippen LogP contribution in [-0.2, 0) is 16.2 Å². The van der Waals surface area contributed by atoms with E-state index in [2.05, 4.69) is 5.32 Å². The molecule has 3 aromatic heterocycles. The van der Waals surface area contributed by atoms with Crippen molar-refractivity contribution >= 4 is 57.1 Å². The second-order valence-corrected chi connectivity index (χ2v) is 12.0. The average Bonchev–Trinajstić information content (AvgIpc) is 3.66. The molecule has 0 saturated carbocycles. The second-order valence-electron chi connectivity index (χ2n) is 11.0. The van der Waals surface area contributed by atoms with Gasteiger partial charge in [0.1, 0.15) is 35.2 Å². The first-order chi connectivity index (χ1) is 22.7. The van der Waals surface area contributed by atoms with Gasteiger partial charge in [0, 0.05) is 48.3 Å². The molecule has 1 N–H and O–H groups in total. The molecule has 12 heteroatoms. The number of rotatable bonds is 7.